The van der Waals surface area contributed by atoms with Crippen LogP contribution in [0.5, 0.6) is 0 Å². The Kier molecular flexibility index (Phi) is 6.44. The number of carboxylic acids is 1. The number of aliphatic carboxylic acids is 1. The molecule has 29 heavy (non-hydrogen) atoms. The molecule has 1 heterocycles. The van der Waals surface area contributed by atoms with Crippen LogP contribution in [0.2, 0.25) is 0 Å². The van der Waals surface area contributed by atoms with Gasteiger partial charge in [0.2, 0.25) is 0 Å². The van der Waals surface area contributed by atoms with Crippen molar-refractivity contribution < 1.29 is 14.7 Å². The molecular weight excluding hydrogens is 366 g/mol. The molecule has 0 bridgehead atoms. The molecule has 0 fully saturated rings. The number of benzene rings is 2. The van der Waals surface area contributed by atoms with Gasteiger partial charge in [-0.05, 0) is 36.1 Å². The lowest BCUT2D eigenvalue weighted by Gasteiger charge is -2.10. The summed E-state index contributed by atoms with van der Waals surface area (Å²) in [6, 6.07) is 17.3. The van der Waals surface area contributed by atoms with E-state index in [0.717, 1.165) is 16.8 Å². The first-order valence-electron chi connectivity index (χ1n) is 9.69. The Hall–Kier alpha value is -3.41. The normalized spacial score (nSPS) is 11.8. The second-order valence-corrected chi connectivity index (χ2v) is 7.10. The number of carbonyl (C=O) groups excluding carboxylic acids is 1. The third-order valence-corrected chi connectivity index (χ3v) is 4.88. The summed E-state index contributed by atoms with van der Waals surface area (Å²) in [5.41, 5.74) is 4.16. The molecule has 0 spiro atoms. The van der Waals surface area contributed by atoms with Crippen LogP contribution in [0.1, 0.15) is 41.0 Å². The van der Waals surface area contributed by atoms with Crippen LogP contribution in [0.15, 0.2) is 60.8 Å². The number of amides is 1. The molecule has 0 aliphatic rings. The zero-order valence-corrected chi connectivity index (χ0v) is 16.6. The highest BCUT2D eigenvalue weighted by molar-refractivity contribution is 6.04. The number of nitrogens with one attached hydrogen (secondary N) is 1. The summed E-state index contributed by atoms with van der Waals surface area (Å²) in [5, 5.41) is 16.3. The van der Waals surface area contributed by atoms with E-state index < -0.39 is 11.9 Å². The van der Waals surface area contributed by atoms with Crippen molar-refractivity contribution in [3.63, 3.8) is 0 Å². The highest BCUT2D eigenvalue weighted by atomic mass is 16.4. The number of carboxylic acid groups (broad SMARTS) is 1. The van der Waals surface area contributed by atoms with Gasteiger partial charge >= 0.3 is 5.97 Å². The molecule has 1 unspecified atom stereocenters. The minimum absolute atomic E-state index is 0.201. The zero-order chi connectivity index (χ0) is 20.8. The van der Waals surface area contributed by atoms with Crippen LogP contribution in [0.4, 0.5) is 5.69 Å². The molecule has 0 aliphatic heterocycles. The Morgan fingerprint density at radius 2 is 1.76 bits per heavy atom. The molecule has 1 atom stereocenters. The van der Waals surface area contributed by atoms with Gasteiger partial charge in [0.15, 0.2) is 0 Å². The van der Waals surface area contributed by atoms with Gasteiger partial charge in [-0.1, -0.05) is 56.3 Å². The van der Waals surface area contributed by atoms with Crippen LogP contribution in [0, 0.1) is 5.92 Å². The molecule has 2 aromatic carbocycles. The predicted molar refractivity (Wildman–Crippen MR) is 112 cm³/mol. The van der Waals surface area contributed by atoms with Crippen molar-refractivity contribution in [1.82, 2.24) is 9.78 Å². The van der Waals surface area contributed by atoms with Crippen molar-refractivity contribution in [3.8, 4) is 0 Å². The Bertz CT molecular complexity index is 978. The fourth-order valence-electron chi connectivity index (χ4n) is 3.23. The minimum atomic E-state index is -0.818. The van der Waals surface area contributed by atoms with E-state index in [4.69, 9.17) is 5.11 Å². The van der Waals surface area contributed by atoms with E-state index in [1.807, 2.05) is 54.1 Å². The average molecular weight is 391 g/mol. The maximum atomic E-state index is 12.8. The fraction of sp³-hybridized carbons (Fsp3) is 0.261. The maximum absolute atomic E-state index is 12.8. The van der Waals surface area contributed by atoms with Crippen LogP contribution in [0.3, 0.4) is 0 Å². The number of rotatable bonds is 8. The summed E-state index contributed by atoms with van der Waals surface area (Å²) < 4.78 is 1.86. The van der Waals surface area contributed by atoms with Gasteiger partial charge in [0.25, 0.3) is 5.91 Å². The van der Waals surface area contributed by atoms with Crippen molar-refractivity contribution in [2.75, 3.05) is 5.32 Å². The second kappa shape index (κ2) is 9.19. The second-order valence-electron chi connectivity index (χ2n) is 7.10. The summed E-state index contributed by atoms with van der Waals surface area (Å²) in [7, 11) is 0. The van der Waals surface area contributed by atoms with E-state index in [9.17, 15) is 9.59 Å². The van der Waals surface area contributed by atoms with Crippen LogP contribution in [-0.4, -0.2) is 26.8 Å². The van der Waals surface area contributed by atoms with E-state index in [0.29, 0.717) is 30.6 Å². The predicted octanol–water partition coefficient (Wildman–Crippen LogP) is 4.01. The number of anilines is 1. The molecular formula is C23H25N3O3. The van der Waals surface area contributed by atoms with Crippen LogP contribution in [-0.2, 0) is 24.2 Å². The van der Waals surface area contributed by atoms with Gasteiger partial charge in [-0.3, -0.25) is 14.3 Å². The molecule has 3 aromatic rings. The van der Waals surface area contributed by atoms with Gasteiger partial charge in [-0.2, -0.15) is 5.10 Å². The molecule has 0 aliphatic carbocycles. The smallest absolute Gasteiger partial charge is 0.306 e. The monoisotopic (exact) mass is 391 g/mol. The number of aromatic nitrogens is 2. The largest absolute Gasteiger partial charge is 0.481 e. The number of hydrogen-bond donors (Lipinski definition) is 2. The lowest BCUT2D eigenvalue weighted by Crippen LogP contribution is -2.15. The Labute approximate surface area is 170 Å². The average Bonchev–Trinajstić information content (AvgIpc) is 3.12. The Balaban J connectivity index is 1.70. The first-order valence-corrected chi connectivity index (χ1v) is 9.69. The van der Waals surface area contributed by atoms with E-state index in [2.05, 4.69) is 10.4 Å². The lowest BCUT2D eigenvalue weighted by atomic mass is 10.0. The standard InChI is InChI=1S/C23H25N3O3/c1-3-21-20(14-24-26(21)15-18-7-5-4-6-8-18)22(27)25-19-11-9-17(10-12-19)13-16(2)23(28)29/h4-12,14,16H,3,13,15H2,1-2H3,(H,25,27)(H,28,29). The van der Waals surface area contributed by atoms with E-state index >= 15 is 0 Å². The molecule has 150 valence electrons. The molecule has 0 radical (unpaired) electrons. The van der Waals surface area contributed by atoms with Crippen molar-refractivity contribution in [3.05, 3.63) is 83.2 Å². The summed E-state index contributed by atoms with van der Waals surface area (Å²) >= 11 is 0. The van der Waals surface area contributed by atoms with Crippen molar-refractivity contribution >= 4 is 17.6 Å². The van der Waals surface area contributed by atoms with Gasteiger partial charge in [-0.15, -0.1) is 0 Å². The summed E-state index contributed by atoms with van der Waals surface area (Å²) in [4.78, 5) is 23.8. The first kappa shape index (κ1) is 20.3. The Morgan fingerprint density at radius 1 is 1.07 bits per heavy atom. The van der Waals surface area contributed by atoms with Gasteiger partial charge in [0.05, 0.1) is 29.9 Å². The van der Waals surface area contributed by atoms with Gasteiger partial charge in [-0.25, -0.2) is 0 Å². The van der Waals surface area contributed by atoms with Gasteiger partial charge < -0.3 is 10.4 Å². The number of carbonyl (C=O) groups is 2. The number of hydrogen-bond acceptors (Lipinski definition) is 3. The van der Waals surface area contributed by atoms with Gasteiger partial charge in [0.1, 0.15) is 0 Å². The van der Waals surface area contributed by atoms with Crippen molar-refractivity contribution in [2.45, 2.75) is 33.2 Å². The van der Waals surface area contributed by atoms with Crippen molar-refractivity contribution in [1.29, 1.82) is 0 Å². The minimum Gasteiger partial charge on any atom is -0.481 e. The molecule has 3 rings (SSSR count). The lowest BCUT2D eigenvalue weighted by molar-refractivity contribution is -0.141. The first-order chi connectivity index (χ1) is 14.0. The SMILES string of the molecule is CCc1c(C(=O)Nc2ccc(CC(C)C(=O)O)cc2)cnn1Cc1ccccc1. The summed E-state index contributed by atoms with van der Waals surface area (Å²) in [6.07, 6.45) is 2.76. The summed E-state index contributed by atoms with van der Waals surface area (Å²) in [6.45, 7) is 4.30. The summed E-state index contributed by atoms with van der Waals surface area (Å²) in [5.74, 6) is -1.46. The molecule has 0 saturated heterocycles. The van der Waals surface area contributed by atoms with Crippen LogP contribution >= 0.6 is 0 Å². The van der Waals surface area contributed by atoms with Crippen LogP contribution in [0.25, 0.3) is 0 Å². The number of nitrogens with zero attached hydrogens (tertiary/aromatic N) is 2. The molecule has 1 amide bonds. The quantitative estimate of drug-likeness (QED) is 0.608. The third kappa shape index (κ3) is 5.10. The highest BCUT2D eigenvalue weighted by Gasteiger charge is 2.17. The molecule has 2 N–H and O–H groups in total. The molecule has 6 nitrogen and oxygen atoms in total. The molecule has 1 aromatic heterocycles. The highest BCUT2D eigenvalue weighted by Crippen LogP contribution is 2.17. The molecule has 0 saturated carbocycles. The topological polar surface area (TPSA) is 84.2 Å². The van der Waals surface area contributed by atoms with E-state index in [1.165, 1.54) is 0 Å². The van der Waals surface area contributed by atoms with Crippen molar-refractivity contribution in [2.24, 2.45) is 5.92 Å². The zero-order valence-electron chi connectivity index (χ0n) is 16.6. The van der Waals surface area contributed by atoms with E-state index in [-0.39, 0.29) is 5.91 Å². The van der Waals surface area contributed by atoms with Gasteiger partial charge in [0, 0.05) is 5.69 Å². The fourth-order valence-corrected chi connectivity index (χ4v) is 3.23. The Morgan fingerprint density at radius 3 is 2.38 bits per heavy atom. The van der Waals surface area contributed by atoms with E-state index in [1.54, 1.807) is 25.3 Å². The maximum Gasteiger partial charge on any atom is 0.306 e. The van der Waals surface area contributed by atoms with Crippen LogP contribution < -0.4 is 5.32 Å². The molecule has 6 heteroatoms. The third-order valence-electron chi connectivity index (χ3n) is 4.88.